The van der Waals surface area contributed by atoms with Crippen LogP contribution in [0.15, 0.2) is 52.1 Å². The van der Waals surface area contributed by atoms with Crippen LogP contribution in [0, 0.1) is 6.92 Å². The van der Waals surface area contributed by atoms with Crippen LogP contribution in [0.2, 0.25) is 0 Å². The van der Waals surface area contributed by atoms with E-state index in [1.54, 1.807) is 37.3 Å². The Morgan fingerprint density at radius 1 is 1.21 bits per heavy atom. The number of nitrogens with zero attached hydrogens (tertiary/aromatic N) is 1. The molecule has 0 fully saturated rings. The zero-order valence-electron chi connectivity index (χ0n) is 17.2. The maximum Gasteiger partial charge on any atom is 0.240 e. The largest absolute Gasteiger partial charge is 0.868 e. The zero-order valence-corrected chi connectivity index (χ0v) is 17.2. The van der Waals surface area contributed by atoms with Crippen molar-refractivity contribution in [2.45, 2.75) is 19.9 Å². The summed E-state index contributed by atoms with van der Waals surface area (Å²) < 4.78 is 10.9. The maximum absolute atomic E-state index is 13.1. The van der Waals surface area contributed by atoms with Crippen molar-refractivity contribution in [2.75, 3.05) is 33.8 Å². The van der Waals surface area contributed by atoms with Gasteiger partial charge in [0.15, 0.2) is 5.76 Å². The van der Waals surface area contributed by atoms with Crippen molar-refractivity contribution in [3.05, 3.63) is 64.8 Å². The molecule has 1 aliphatic heterocycles. The van der Waals surface area contributed by atoms with E-state index in [9.17, 15) is 14.7 Å². The van der Waals surface area contributed by atoms with E-state index >= 15 is 0 Å². The first-order chi connectivity index (χ1) is 13.8. The molecule has 0 aliphatic carbocycles. The molecule has 1 aliphatic rings. The highest BCUT2D eigenvalue weighted by Gasteiger charge is 2.40. The topological polar surface area (TPSA) is 87.2 Å². The lowest BCUT2D eigenvalue weighted by Crippen LogP contribution is -3.06. The second-order valence-electron chi connectivity index (χ2n) is 7.34. The van der Waals surface area contributed by atoms with Gasteiger partial charge in [0.25, 0.3) is 0 Å². The predicted octanol–water partition coefficient (Wildman–Crippen LogP) is 0.512. The predicted molar refractivity (Wildman–Crippen MR) is 105 cm³/mol. The summed E-state index contributed by atoms with van der Waals surface area (Å²) in [6, 6.07) is 9.58. The minimum atomic E-state index is -0.767. The molecule has 3 rings (SSSR count). The first kappa shape index (κ1) is 20.7. The molecule has 7 nitrogen and oxygen atoms in total. The Balaban J connectivity index is 2.02. The summed E-state index contributed by atoms with van der Waals surface area (Å²) in [6.07, 6.45) is 0. The number of carbonyl (C=O) groups is 2. The highest BCUT2D eigenvalue weighted by molar-refractivity contribution is 6.14. The van der Waals surface area contributed by atoms with Crippen molar-refractivity contribution in [2.24, 2.45) is 0 Å². The smallest absolute Gasteiger partial charge is 0.240 e. The van der Waals surface area contributed by atoms with Crippen LogP contribution in [0.4, 0.5) is 0 Å². The van der Waals surface area contributed by atoms with Gasteiger partial charge in [0.1, 0.15) is 11.5 Å². The average molecular weight is 398 g/mol. The normalized spacial score (nSPS) is 16.8. The molecule has 0 radical (unpaired) electrons. The first-order valence-electron chi connectivity index (χ1n) is 9.68. The summed E-state index contributed by atoms with van der Waals surface area (Å²) in [6.45, 7) is 5.15. The molecule has 0 saturated carbocycles. The molecule has 0 saturated heterocycles. The summed E-state index contributed by atoms with van der Waals surface area (Å²) in [4.78, 5) is 28.5. The van der Waals surface area contributed by atoms with E-state index in [1.807, 2.05) is 21.0 Å². The standard InChI is InChI=1S/C22H26N2O5/c1-5-28-16-9-7-15(8-10-16)19-18(20(25)17-11-6-14(2)29-17)21(26)22(27)24(19)13-12-23(3)4/h6-11,19,26H,5,12-13H2,1-4H3. The molecule has 154 valence electrons. The van der Waals surface area contributed by atoms with E-state index < -0.39 is 23.5 Å². The number of aryl methyl sites for hydroxylation is 1. The fourth-order valence-electron chi connectivity index (χ4n) is 3.39. The van der Waals surface area contributed by atoms with Crippen LogP contribution in [0.1, 0.15) is 34.8 Å². The third-order valence-corrected chi connectivity index (χ3v) is 4.85. The van der Waals surface area contributed by atoms with Gasteiger partial charge in [-0.05, 0) is 49.4 Å². The van der Waals surface area contributed by atoms with Crippen molar-refractivity contribution >= 4 is 11.7 Å². The number of hydrogen-bond donors (Lipinski definition) is 1. The molecule has 2 heterocycles. The third kappa shape index (κ3) is 4.19. The number of ether oxygens (including phenoxy) is 1. The second kappa shape index (κ2) is 8.53. The number of benzene rings is 1. The molecular weight excluding hydrogens is 372 g/mol. The Morgan fingerprint density at radius 2 is 1.90 bits per heavy atom. The van der Waals surface area contributed by atoms with Crippen LogP contribution in [-0.2, 0) is 4.79 Å². The molecule has 1 unspecified atom stereocenters. The van der Waals surface area contributed by atoms with Crippen LogP contribution >= 0.6 is 0 Å². The Hall–Kier alpha value is -3.06. The van der Waals surface area contributed by atoms with E-state index in [4.69, 9.17) is 9.15 Å². The van der Waals surface area contributed by atoms with Crippen molar-refractivity contribution in [3.8, 4) is 5.75 Å². The zero-order chi connectivity index (χ0) is 21.1. The van der Waals surface area contributed by atoms with Gasteiger partial charge in [-0.2, -0.15) is 0 Å². The fourth-order valence-corrected chi connectivity index (χ4v) is 3.39. The summed E-state index contributed by atoms with van der Waals surface area (Å²) >= 11 is 0. The SMILES string of the molecule is CCOc1ccc(C2C(C(=O)c3ccc(C)o3)=C([O-])C(=O)N2CC[NH+](C)C)cc1. The second-order valence-corrected chi connectivity index (χ2v) is 7.34. The number of Topliss-reactive ketones (excluding diaryl/α,β-unsaturated/α-hetero) is 1. The lowest BCUT2D eigenvalue weighted by atomic mass is 9.95. The van der Waals surface area contributed by atoms with E-state index in [1.165, 1.54) is 11.0 Å². The van der Waals surface area contributed by atoms with Gasteiger partial charge in [-0.15, -0.1) is 0 Å². The Kier molecular flexibility index (Phi) is 6.08. The molecule has 0 spiro atoms. The lowest BCUT2D eigenvalue weighted by molar-refractivity contribution is -0.857. The molecule has 7 heteroatoms. The van der Waals surface area contributed by atoms with Crippen molar-refractivity contribution < 1.29 is 28.7 Å². The van der Waals surface area contributed by atoms with Crippen LogP contribution < -0.4 is 14.7 Å². The summed E-state index contributed by atoms with van der Waals surface area (Å²) in [7, 11) is 3.94. The number of ketones is 1. The highest BCUT2D eigenvalue weighted by Crippen LogP contribution is 2.38. The molecular formula is C22H26N2O5. The lowest BCUT2D eigenvalue weighted by Gasteiger charge is -2.28. The average Bonchev–Trinajstić information content (AvgIpc) is 3.23. The van der Waals surface area contributed by atoms with Crippen molar-refractivity contribution in [1.82, 2.24) is 4.90 Å². The number of amides is 1. The fraction of sp³-hybridized carbons (Fsp3) is 0.364. The number of likely N-dealkylation sites (N-methyl/N-ethyl adjacent to an activating group) is 1. The molecule has 1 aromatic heterocycles. The van der Waals surface area contributed by atoms with Crippen LogP contribution in [0.3, 0.4) is 0 Å². The van der Waals surface area contributed by atoms with E-state index in [-0.39, 0.29) is 11.3 Å². The third-order valence-electron chi connectivity index (χ3n) is 4.85. The molecule has 1 atom stereocenters. The molecule has 1 amide bonds. The van der Waals surface area contributed by atoms with Crippen LogP contribution in [-0.4, -0.2) is 50.4 Å². The van der Waals surface area contributed by atoms with Crippen molar-refractivity contribution in [1.29, 1.82) is 0 Å². The quantitative estimate of drug-likeness (QED) is 0.655. The number of nitrogens with one attached hydrogen (secondary N) is 1. The van der Waals surface area contributed by atoms with E-state index in [0.717, 1.165) is 4.90 Å². The van der Waals surface area contributed by atoms with Gasteiger partial charge >= 0.3 is 0 Å². The number of carbonyl (C=O) groups excluding carboxylic acids is 2. The first-order valence-corrected chi connectivity index (χ1v) is 9.68. The number of furan rings is 1. The molecule has 1 aromatic carbocycles. The molecule has 2 aromatic rings. The molecule has 29 heavy (non-hydrogen) atoms. The van der Waals surface area contributed by atoms with E-state index in [0.29, 0.717) is 36.8 Å². The maximum atomic E-state index is 13.1. The van der Waals surface area contributed by atoms with Gasteiger partial charge in [-0.3, -0.25) is 9.59 Å². The Labute approximate surface area is 170 Å². The van der Waals surface area contributed by atoms with Gasteiger partial charge < -0.3 is 24.1 Å². The molecule has 0 bridgehead atoms. The highest BCUT2D eigenvalue weighted by atomic mass is 16.5. The Bertz CT molecular complexity index is 927. The van der Waals surface area contributed by atoms with Crippen LogP contribution in [0.5, 0.6) is 5.75 Å². The van der Waals surface area contributed by atoms with Gasteiger partial charge in [0.2, 0.25) is 11.7 Å². The van der Waals surface area contributed by atoms with E-state index in [2.05, 4.69) is 0 Å². The van der Waals surface area contributed by atoms with Gasteiger partial charge in [0, 0.05) is 5.57 Å². The minimum absolute atomic E-state index is 0.0645. The minimum Gasteiger partial charge on any atom is -0.868 e. The number of quaternary nitrogens is 1. The number of hydrogen-bond acceptors (Lipinski definition) is 5. The van der Waals surface area contributed by atoms with Gasteiger partial charge in [-0.1, -0.05) is 12.1 Å². The van der Waals surface area contributed by atoms with Gasteiger partial charge in [-0.25, -0.2) is 0 Å². The summed E-state index contributed by atoms with van der Waals surface area (Å²) in [5.74, 6) is -0.653. The number of rotatable bonds is 8. The summed E-state index contributed by atoms with van der Waals surface area (Å²) in [5, 5.41) is 12.8. The Morgan fingerprint density at radius 3 is 2.45 bits per heavy atom. The van der Waals surface area contributed by atoms with Crippen molar-refractivity contribution in [3.63, 3.8) is 0 Å². The monoisotopic (exact) mass is 398 g/mol. The van der Waals surface area contributed by atoms with Gasteiger partial charge in [0.05, 0.1) is 39.8 Å². The van der Waals surface area contributed by atoms with Crippen LogP contribution in [0.25, 0.3) is 0 Å². The summed E-state index contributed by atoms with van der Waals surface area (Å²) in [5.41, 5.74) is 0.621. The molecule has 1 N–H and O–H groups in total.